The van der Waals surface area contributed by atoms with E-state index in [1.54, 1.807) is 26.1 Å². The van der Waals surface area contributed by atoms with Crippen LogP contribution in [0.15, 0.2) is 35.5 Å². The highest BCUT2D eigenvalue weighted by Crippen LogP contribution is 2.16. The zero-order chi connectivity index (χ0) is 21.1. The topological polar surface area (TPSA) is 133 Å². The van der Waals surface area contributed by atoms with Gasteiger partial charge in [0.2, 0.25) is 0 Å². The van der Waals surface area contributed by atoms with Crippen LogP contribution in [0.25, 0.3) is 0 Å². The average Bonchev–Trinajstić information content (AvgIpc) is 2.59. The molecule has 1 atom stereocenters. The van der Waals surface area contributed by atoms with Gasteiger partial charge >= 0.3 is 6.09 Å². The molecule has 1 aromatic rings. The van der Waals surface area contributed by atoms with Crippen LogP contribution in [-0.2, 0) is 9.53 Å². The monoisotopic (exact) mass is 393 g/mol. The average molecular weight is 393 g/mol. The van der Waals surface area contributed by atoms with E-state index in [4.69, 9.17) is 15.9 Å². The molecule has 1 heterocycles. The van der Waals surface area contributed by atoms with Crippen LogP contribution in [0.2, 0.25) is 0 Å². The predicted molar refractivity (Wildman–Crippen MR) is 100 cm³/mol. The smallest absolute Gasteiger partial charge is 0.411 e. The molecule has 8 nitrogen and oxygen atoms in total. The summed E-state index contributed by atoms with van der Waals surface area (Å²) in [6.45, 7) is 5.12. The Bertz CT molecular complexity index is 816. The molecule has 1 fully saturated rings. The van der Waals surface area contributed by atoms with Crippen molar-refractivity contribution in [3.8, 4) is 0 Å². The first-order chi connectivity index (χ1) is 13.0. The lowest BCUT2D eigenvalue weighted by Crippen LogP contribution is -2.95. The number of rotatable bonds is 4. The maximum Gasteiger partial charge on any atom is 0.411 e. The number of amides is 2. The normalized spacial score (nSPS) is 19.2. The Morgan fingerprint density at radius 2 is 2.11 bits per heavy atom. The van der Waals surface area contributed by atoms with Gasteiger partial charge in [-0.1, -0.05) is 12.1 Å². The third kappa shape index (κ3) is 5.37. The summed E-state index contributed by atoms with van der Waals surface area (Å²) in [6, 6.07) is 4.82. The number of nitrogens with zero attached hydrogens (tertiary/aromatic N) is 1. The molecule has 2 rings (SSSR count). The molecule has 6 N–H and O–H groups in total. The Balaban J connectivity index is 2.42. The fourth-order valence-corrected chi connectivity index (χ4v) is 2.91. The van der Waals surface area contributed by atoms with Crippen LogP contribution in [0.3, 0.4) is 0 Å². The maximum atomic E-state index is 13.5. The molecule has 0 aliphatic carbocycles. The second kappa shape index (κ2) is 8.49. The van der Waals surface area contributed by atoms with Crippen LogP contribution in [0.5, 0.6) is 0 Å². The van der Waals surface area contributed by atoms with Gasteiger partial charge in [-0.25, -0.2) is 9.18 Å². The van der Waals surface area contributed by atoms with Gasteiger partial charge < -0.3 is 20.9 Å². The van der Waals surface area contributed by atoms with Crippen molar-refractivity contribution in [2.75, 3.05) is 19.7 Å². The third-order valence-corrected chi connectivity index (χ3v) is 4.07. The Kier molecular flexibility index (Phi) is 6.52. The molecule has 0 radical (unpaired) electrons. The Labute approximate surface area is 162 Å². The number of aliphatic hydroxyl groups excluding tert-OH is 1. The summed E-state index contributed by atoms with van der Waals surface area (Å²) in [5, 5.41) is 19.6. The van der Waals surface area contributed by atoms with Gasteiger partial charge in [-0.05, 0) is 32.9 Å². The summed E-state index contributed by atoms with van der Waals surface area (Å²) < 4.78 is 18.9. The van der Waals surface area contributed by atoms with Crippen molar-refractivity contribution in [2.45, 2.75) is 32.4 Å². The predicted octanol–water partition coefficient (Wildman–Crippen LogP) is 0.108. The van der Waals surface area contributed by atoms with Crippen LogP contribution in [0.1, 0.15) is 26.3 Å². The molecule has 9 heteroatoms. The minimum atomic E-state index is -0.872. The molecule has 0 bridgehead atoms. The molecule has 0 aromatic heterocycles. The Morgan fingerprint density at radius 3 is 2.64 bits per heavy atom. The summed E-state index contributed by atoms with van der Waals surface area (Å²) in [5.41, 5.74) is 4.92. The van der Waals surface area contributed by atoms with E-state index >= 15 is 0 Å². The van der Waals surface area contributed by atoms with E-state index in [0.717, 1.165) is 6.07 Å². The molecule has 1 saturated heterocycles. The summed E-state index contributed by atoms with van der Waals surface area (Å²) in [5.74, 6) is -1.42. The number of benzene rings is 1. The zero-order valence-electron chi connectivity index (χ0n) is 16.2. The Morgan fingerprint density at radius 1 is 1.43 bits per heavy atom. The fourth-order valence-electron chi connectivity index (χ4n) is 2.91. The van der Waals surface area contributed by atoms with Crippen molar-refractivity contribution < 1.29 is 29.1 Å². The van der Waals surface area contributed by atoms with Gasteiger partial charge in [-0.3, -0.25) is 15.1 Å². The SMILES string of the molecule is CC(C)(C)OC(=O)N1C/C(=C(/C(=N)c2cccc(F)c2)C(N)=O)[NH2+]C(CO)C1. The molecule has 1 aliphatic heterocycles. The fraction of sp³-hybridized carbons (Fsp3) is 0.421. The number of primary amides is 1. The minimum absolute atomic E-state index is 0.0125. The van der Waals surface area contributed by atoms with E-state index in [2.05, 4.69) is 0 Å². The minimum Gasteiger partial charge on any atom is -0.444 e. The van der Waals surface area contributed by atoms with E-state index in [-0.39, 0.29) is 36.5 Å². The molecule has 0 saturated carbocycles. The van der Waals surface area contributed by atoms with Gasteiger partial charge in [-0.2, -0.15) is 0 Å². The number of hydrogen-bond donors (Lipinski definition) is 4. The van der Waals surface area contributed by atoms with E-state index < -0.39 is 29.5 Å². The molecule has 1 aromatic carbocycles. The van der Waals surface area contributed by atoms with Crippen LogP contribution < -0.4 is 11.1 Å². The number of carbonyl (C=O) groups excluding carboxylic acids is 2. The molecule has 0 spiro atoms. The van der Waals surface area contributed by atoms with Crippen molar-refractivity contribution in [1.29, 1.82) is 5.41 Å². The number of hydrogen-bond acceptors (Lipinski definition) is 5. The number of piperazine rings is 1. The standard InChI is InChI=1S/C19H25FN4O4/c1-19(2,3)28-18(27)24-8-13(10-25)23-14(9-24)15(17(22)26)16(21)11-5-4-6-12(20)7-11/h4-7,13,21,23,25H,8-10H2,1-3H3,(H2,22,26)/p+1/b15-14+,21-16?. The van der Waals surface area contributed by atoms with Gasteiger partial charge in [0, 0.05) is 5.56 Å². The van der Waals surface area contributed by atoms with Gasteiger partial charge in [0.25, 0.3) is 5.91 Å². The van der Waals surface area contributed by atoms with E-state index in [9.17, 15) is 19.1 Å². The van der Waals surface area contributed by atoms with E-state index in [1.165, 1.54) is 23.1 Å². The highest BCUT2D eigenvalue weighted by molar-refractivity contribution is 6.26. The second-order valence-corrected chi connectivity index (χ2v) is 7.62. The highest BCUT2D eigenvalue weighted by atomic mass is 19.1. The number of aliphatic hydroxyl groups is 1. The summed E-state index contributed by atoms with van der Waals surface area (Å²) in [6.07, 6.45) is -0.599. The molecular formula is C19H26FN4O4+. The van der Waals surface area contributed by atoms with Crippen LogP contribution in [0, 0.1) is 11.2 Å². The number of quaternary nitrogens is 1. The lowest BCUT2D eigenvalue weighted by molar-refractivity contribution is -0.655. The molecular weight excluding hydrogens is 367 g/mol. The van der Waals surface area contributed by atoms with Crippen molar-refractivity contribution >= 4 is 17.7 Å². The second-order valence-electron chi connectivity index (χ2n) is 7.62. The largest absolute Gasteiger partial charge is 0.444 e. The first kappa shape index (κ1) is 21.5. The van der Waals surface area contributed by atoms with E-state index in [0.29, 0.717) is 5.70 Å². The van der Waals surface area contributed by atoms with Crippen LogP contribution >= 0.6 is 0 Å². The molecule has 1 aliphatic rings. The number of nitrogens with two attached hydrogens (primary N) is 2. The molecule has 2 amide bonds. The maximum absolute atomic E-state index is 13.5. The quantitative estimate of drug-likeness (QED) is 0.427. The van der Waals surface area contributed by atoms with Gasteiger partial charge in [0.05, 0.1) is 25.4 Å². The van der Waals surface area contributed by atoms with Crippen molar-refractivity contribution in [3.63, 3.8) is 0 Å². The highest BCUT2D eigenvalue weighted by Gasteiger charge is 2.35. The van der Waals surface area contributed by atoms with Gasteiger partial charge in [0.15, 0.2) is 0 Å². The third-order valence-electron chi connectivity index (χ3n) is 4.07. The number of halogens is 1. The van der Waals surface area contributed by atoms with Crippen molar-refractivity contribution in [2.24, 2.45) is 5.73 Å². The zero-order valence-corrected chi connectivity index (χ0v) is 16.2. The first-order valence-corrected chi connectivity index (χ1v) is 8.83. The number of ether oxygens (including phenoxy) is 1. The first-order valence-electron chi connectivity index (χ1n) is 8.83. The van der Waals surface area contributed by atoms with Gasteiger partial charge in [-0.15, -0.1) is 0 Å². The number of nitrogens with one attached hydrogen (secondary N) is 1. The lowest BCUT2D eigenvalue weighted by atomic mass is 9.98. The molecule has 152 valence electrons. The van der Waals surface area contributed by atoms with Crippen molar-refractivity contribution in [1.82, 2.24) is 4.90 Å². The summed E-state index contributed by atoms with van der Waals surface area (Å²) >= 11 is 0. The lowest BCUT2D eigenvalue weighted by Gasteiger charge is -2.33. The van der Waals surface area contributed by atoms with E-state index in [1.807, 2.05) is 0 Å². The molecule has 28 heavy (non-hydrogen) atoms. The van der Waals surface area contributed by atoms with Gasteiger partial charge in [0.1, 0.15) is 28.7 Å². The van der Waals surface area contributed by atoms with Crippen LogP contribution in [0.4, 0.5) is 9.18 Å². The van der Waals surface area contributed by atoms with Crippen LogP contribution in [-0.4, -0.2) is 59.1 Å². The number of carbonyl (C=O) groups is 2. The summed E-state index contributed by atoms with van der Waals surface area (Å²) in [4.78, 5) is 25.9. The summed E-state index contributed by atoms with van der Waals surface area (Å²) in [7, 11) is 0. The van der Waals surface area contributed by atoms with Crippen molar-refractivity contribution in [3.05, 3.63) is 46.9 Å². The Hall–Kier alpha value is -2.78. The molecule has 1 unspecified atom stereocenters.